The Bertz CT molecular complexity index is 839. The molecule has 0 amide bonds. The fourth-order valence-corrected chi connectivity index (χ4v) is 3.90. The van der Waals surface area contributed by atoms with Gasteiger partial charge < -0.3 is 14.8 Å². The SMILES string of the molecule is CSCCCNC(=NCc1nnc(C)n1C)N1CCN(C/C=C/c2ccccc2)CC1. The first-order chi connectivity index (χ1) is 15.2. The number of aromatic nitrogens is 3. The van der Waals surface area contributed by atoms with Crippen molar-refractivity contribution in [2.24, 2.45) is 12.0 Å². The van der Waals surface area contributed by atoms with Gasteiger partial charge in [-0.25, -0.2) is 4.99 Å². The van der Waals surface area contributed by atoms with Crippen molar-refractivity contribution in [3.05, 3.63) is 53.6 Å². The molecule has 0 saturated carbocycles. The zero-order valence-electron chi connectivity index (χ0n) is 19.0. The zero-order valence-corrected chi connectivity index (χ0v) is 19.8. The van der Waals surface area contributed by atoms with Gasteiger partial charge in [-0.2, -0.15) is 11.8 Å². The molecular weight excluding hydrogens is 406 g/mol. The Labute approximate surface area is 190 Å². The lowest BCUT2D eigenvalue weighted by atomic mass is 10.2. The summed E-state index contributed by atoms with van der Waals surface area (Å²) < 4.78 is 2.01. The normalized spacial score (nSPS) is 15.7. The van der Waals surface area contributed by atoms with Gasteiger partial charge in [-0.15, -0.1) is 10.2 Å². The number of benzene rings is 1. The van der Waals surface area contributed by atoms with Crippen LogP contribution in [0.3, 0.4) is 0 Å². The molecule has 168 valence electrons. The predicted octanol–water partition coefficient (Wildman–Crippen LogP) is 2.65. The van der Waals surface area contributed by atoms with Gasteiger partial charge in [-0.3, -0.25) is 4.90 Å². The maximum Gasteiger partial charge on any atom is 0.194 e. The smallest absolute Gasteiger partial charge is 0.194 e. The van der Waals surface area contributed by atoms with Gasteiger partial charge in [-0.1, -0.05) is 42.5 Å². The van der Waals surface area contributed by atoms with Crippen molar-refractivity contribution in [2.75, 3.05) is 51.3 Å². The molecule has 1 aliphatic rings. The molecule has 0 aliphatic carbocycles. The van der Waals surface area contributed by atoms with E-state index in [0.717, 1.165) is 69.1 Å². The molecule has 31 heavy (non-hydrogen) atoms. The molecular formula is C23H35N7S. The van der Waals surface area contributed by atoms with Gasteiger partial charge in [0.1, 0.15) is 12.4 Å². The van der Waals surface area contributed by atoms with E-state index in [-0.39, 0.29) is 0 Å². The van der Waals surface area contributed by atoms with Crippen molar-refractivity contribution in [2.45, 2.75) is 19.9 Å². The molecule has 2 heterocycles. The predicted molar refractivity (Wildman–Crippen MR) is 131 cm³/mol. The summed E-state index contributed by atoms with van der Waals surface area (Å²) in [4.78, 5) is 9.75. The van der Waals surface area contributed by atoms with Gasteiger partial charge in [0.05, 0.1) is 0 Å². The summed E-state index contributed by atoms with van der Waals surface area (Å²) >= 11 is 1.88. The van der Waals surface area contributed by atoms with E-state index in [2.05, 4.69) is 74.1 Å². The van der Waals surface area contributed by atoms with Crippen molar-refractivity contribution in [3.63, 3.8) is 0 Å². The molecule has 1 aromatic heterocycles. The first-order valence-electron chi connectivity index (χ1n) is 11.0. The van der Waals surface area contributed by atoms with E-state index in [0.29, 0.717) is 6.54 Å². The topological polar surface area (TPSA) is 61.6 Å². The number of piperazine rings is 1. The van der Waals surface area contributed by atoms with Crippen LogP contribution in [-0.2, 0) is 13.6 Å². The highest BCUT2D eigenvalue weighted by molar-refractivity contribution is 7.98. The Balaban J connectivity index is 1.53. The molecule has 0 radical (unpaired) electrons. The van der Waals surface area contributed by atoms with Crippen molar-refractivity contribution < 1.29 is 0 Å². The van der Waals surface area contributed by atoms with Gasteiger partial charge in [0, 0.05) is 46.3 Å². The van der Waals surface area contributed by atoms with Crippen molar-refractivity contribution in [3.8, 4) is 0 Å². The Hall–Kier alpha value is -2.32. The van der Waals surface area contributed by atoms with Crippen LogP contribution in [0.1, 0.15) is 23.6 Å². The summed E-state index contributed by atoms with van der Waals surface area (Å²) in [6, 6.07) is 10.5. The fourth-order valence-electron chi connectivity index (χ4n) is 3.46. The van der Waals surface area contributed by atoms with Crippen molar-refractivity contribution >= 4 is 23.8 Å². The molecule has 3 rings (SSSR count). The average Bonchev–Trinajstić information content (AvgIpc) is 3.12. The Morgan fingerprint density at radius 1 is 1.16 bits per heavy atom. The molecule has 0 bridgehead atoms. The van der Waals surface area contributed by atoms with Crippen LogP contribution in [0, 0.1) is 6.92 Å². The summed E-state index contributed by atoms with van der Waals surface area (Å²) in [5.41, 5.74) is 1.25. The monoisotopic (exact) mass is 441 g/mol. The third-order valence-electron chi connectivity index (χ3n) is 5.51. The van der Waals surface area contributed by atoms with E-state index >= 15 is 0 Å². The summed E-state index contributed by atoms with van der Waals surface area (Å²) in [6.07, 6.45) is 7.75. The number of nitrogens with zero attached hydrogens (tertiary/aromatic N) is 6. The molecule has 7 nitrogen and oxygen atoms in total. The lowest BCUT2D eigenvalue weighted by Gasteiger charge is -2.36. The molecule has 2 aromatic rings. The Morgan fingerprint density at radius 2 is 1.94 bits per heavy atom. The third kappa shape index (κ3) is 7.40. The molecule has 1 saturated heterocycles. The number of aliphatic imine (C=N–C) groups is 1. The number of thioether (sulfide) groups is 1. The minimum atomic E-state index is 0.544. The Kier molecular flexibility index (Phi) is 9.42. The minimum Gasteiger partial charge on any atom is -0.356 e. The first kappa shape index (κ1) is 23.3. The van der Waals surface area contributed by atoms with Crippen LogP contribution in [0.2, 0.25) is 0 Å². The highest BCUT2D eigenvalue weighted by atomic mass is 32.2. The summed E-state index contributed by atoms with van der Waals surface area (Å²) in [5, 5.41) is 12.0. The lowest BCUT2D eigenvalue weighted by Crippen LogP contribution is -2.52. The van der Waals surface area contributed by atoms with Crippen LogP contribution in [-0.4, -0.2) is 81.8 Å². The summed E-state index contributed by atoms with van der Waals surface area (Å²) in [5.74, 6) is 3.95. The highest BCUT2D eigenvalue weighted by Crippen LogP contribution is 2.07. The lowest BCUT2D eigenvalue weighted by molar-refractivity contribution is 0.194. The van der Waals surface area contributed by atoms with Crippen LogP contribution >= 0.6 is 11.8 Å². The fraction of sp³-hybridized carbons (Fsp3) is 0.522. The summed E-state index contributed by atoms with van der Waals surface area (Å²) in [7, 11) is 1.99. The number of aryl methyl sites for hydroxylation is 1. The standard InChI is InChI=1S/C23H35N7S/c1-20-26-27-22(28(20)2)19-25-23(24-12-8-18-31-3)30-16-14-29(15-17-30)13-7-11-21-9-5-4-6-10-21/h4-7,9-11H,8,12-19H2,1-3H3,(H,24,25)/b11-7+. The second-order valence-corrected chi connectivity index (χ2v) is 8.72. The number of hydrogen-bond acceptors (Lipinski definition) is 5. The van der Waals surface area contributed by atoms with Crippen LogP contribution in [0.25, 0.3) is 6.08 Å². The maximum absolute atomic E-state index is 4.89. The Morgan fingerprint density at radius 3 is 2.61 bits per heavy atom. The number of nitrogens with one attached hydrogen (secondary N) is 1. The van der Waals surface area contributed by atoms with Gasteiger partial charge in [0.2, 0.25) is 0 Å². The van der Waals surface area contributed by atoms with Crippen LogP contribution < -0.4 is 5.32 Å². The molecule has 0 spiro atoms. The van der Waals surface area contributed by atoms with Crippen molar-refractivity contribution in [1.82, 2.24) is 29.9 Å². The second-order valence-electron chi connectivity index (χ2n) is 7.74. The van der Waals surface area contributed by atoms with E-state index in [1.54, 1.807) is 0 Å². The molecule has 0 unspecified atom stereocenters. The van der Waals surface area contributed by atoms with E-state index in [1.807, 2.05) is 30.3 Å². The zero-order chi connectivity index (χ0) is 21.9. The van der Waals surface area contributed by atoms with Crippen LogP contribution in [0.15, 0.2) is 41.4 Å². The maximum atomic E-state index is 4.89. The highest BCUT2D eigenvalue weighted by Gasteiger charge is 2.19. The second kappa shape index (κ2) is 12.5. The van der Waals surface area contributed by atoms with Crippen LogP contribution in [0.4, 0.5) is 0 Å². The molecule has 1 N–H and O–H groups in total. The largest absolute Gasteiger partial charge is 0.356 e. The van der Waals surface area contributed by atoms with Crippen LogP contribution in [0.5, 0.6) is 0 Å². The van der Waals surface area contributed by atoms with E-state index in [9.17, 15) is 0 Å². The van der Waals surface area contributed by atoms with E-state index < -0.39 is 0 Å². The minimum absolute atomic E-state index is 0.544. The van der Waals surface area contributed by atoms with Crippen molar-refractivity contribution in [1.29, 1.82) is 0 Å². The molecule has 1 aliphatic heterocycles. The molecule has 8 heteroatoms. The molecule has 1 fully saturated rings. The van der Waals surface area contributed by atoms with Gasteiger partial charge in [-0.05, 0) is 30.9 Å². The quantitative estimate of drug-likeness (QED) is 0.367. The number of hydrogen-bond donors (Lipinski definition) is 1. The molecule has 1 aromatic carbocycles. The average molecular weight is 442 g/mol. The third-order valence-corrected chi connectivity index (χ3v) is 6.20. The van der Waals surface area contributed by atoms with Gasteiger partial charge >= 0.3 is 0 Å². The first-order valence-corrected chi connectivity index (χ1v) is 12.4. The number of guanidine groups is 1. The van der Waals surface area contributed by atoms with E-state index in [4.69, 9.17) is 4.99 Å². The molecule has 0 atom stereocenters. The summed E-state index contributed by atoms with van der Waals surface area (Å²) in [6.45, 7) is 8.46. The van der Waals surface area contributed by atoms with Gasteiger partial charge in [0.15, 0.2) is 11.8 Å². The van der Waals surface area contributed by atoms with E-state index in [1.165, 1.54) is 5.56 Å². The van der Waals surface area contributed by atoms with Gasteiger partial charge in [0.25, 0.3) is 0 Å². The number of rotatable bonds is 9.